The second-order valence-corrected chi connectivity index (χ2v) is 9.33. The number of fused-ring (bicyclic) bond motifs is 1. The molecule has 178 valence electrons. The molecule has 0 amide bonds. The molecule has 9 heteroatoms. The zero-order valence-corrected chi connectivity index (χ0v) is 19.6. The van der Waals surface area contributed by atoms with Crippen molar-refractivity contribution < 1.29 is 4.39 Å². The molecule has 0 atom stereocenters. The number of anilines is 3. The third-order valence-electron chi connectivity index (χ3n) is 6.70. The van der Waals surface area contributed by atoms with Gasteiger partial charge in [0.05, 0.1) is 28.6 Å². The normalized spacial score (nSPS) is 19.9. The maximum atomic E-state index is 14.0. The number of hydrogen-bond acceptors (Lipinski definition) is 5. The molecule has 0 unspecified atom stereocenters. The van der Waals surface area contributed by atoms with Crippen LogP contribution in [0.1, 0.15) is 32.1 Å². The van der Waals surface area contributed by atoms with Gasteiger partial charge in [-0.2, -0.15) is 10.4 Å². The molecule has 1 fully saturated rings. The first kappa shape index (κ1) is 22.9. The zero-order chi connectivity index (χ0) is 24.4. The number of halogens is 2. The predicted octanol–water partition coefficient (Wildman–Crippen LogP) is 5.92. The smallest absolute Gasteiger partial charge is 0.261 e. The van der Waals surface area contributed by atoms with E-state index in [2.05, 4.69) is 21.7 Å². The van der Waals surface area contributed by atoms with Gasteiger partial charge in [0.15, 0.2) is 5.82 Å². The Morgan fingerprint density at radius 3 is 2.66 bits per heavy atom. The van der Waals surface area contributed by atoms with Crippen molar-refractivity contribution in [2.45, 2.75) is 43.7 Å². The first-order valence-corrected chi connectivity index (χ1v) is 11.9. The standard InChI is InChI=1S/C26H24ClFN6O/c27-20-7-6-19(16-21(20)28)32-24-23-22(10-15-30-25(23)35)34(33-24)26(13-14-29)11-8-18(9-12-26)31-17-4-2-1-3-5-17/h1-7,10,15-16,18,31H,8-9,11-13H2,(H,30,35)(H,32,33)/t18-,26-. The minimum atomic E-state index is -0.570. The van der Waals surface area contributed by atoms with Gasteiger partial charge in [-0.05, 0) is 62.1 Å². The summed E-state index contributed by atoms with van der Waals surface area (Å²) in [4.78, 5) is 15.5. The fourth-order valence-electron chi connectivity index (χ4n) is 4.92. The minimum absolute atomic E-state index is 0.0117. The quantitative estimate of drug-likeness (QED) is 0.311. The van der Waals surface area contributed by atoms with Gasteiger partial charge in [-0.3, -0.25) is 9.48 Å². The van der Waals surface area contributed by atoms with E-state index in [-0.39, 0.29) is 23.0 Å². The Morgan fingerprint density at radius 1 is 1.17 bits per heavy atom. The maximum Gasteiger partial charge on any atom is 0.261 e. The number of nitrogens with zero attached hydrogens (tertiary/aromatic N) is 3. The Balaban J connectivity index is 1.50. The molecule has 3 N–H and O–H groups in total. The van der Waals surface area contributed by atoms with Crippen molar-refractivity contribution in [2.75, 3.05) is 10.6 Å². The van der Waals surface area contributed by atoms with Gasteiger partial charge in [0.2, 0.25) is 0 Å². The van der Waals surface area contributed by atoms with Gasteiger partial charge in [0.25, 0.3) is 5.56 Å². The van der Waals surface area contributed by atoms with Gasteiger partial charge in [-0.15, -0.1) is 0 Å². The van der Waals surface area contributed by atoms with Gasteiger partial charge >= 0.3 is 0 Å². The van der Waals surface area contributed by atoms with Crippen LogP contribution in [0.2, 0.25) is 5.02 Å². The molecule has 7 nitrogen and oxygen atoms in total. The molecular formula is C26H24ClFN6O. The molecule has 35 heavy (non-hydrogen) atoms. The molecule has 4 aromatic rings. The van der Waals surface area contributed by atoms with Crippen LogP contribution < -0.4 is 16.2 Å². The van der Waals surface area contributed by atoms with Crippen LogP contribution in [0.25, 0.3) is 10.9 Å². The summed E-state index contributed by atoms with van der Waals surface area (Å²) in [6.45, 7) is 0. The van der Waals surface area contributed by atoms with E-state index in [0.29, 0.717) is 22.4 Å². The van der Waals surface area contributed by atoms with Crippen LogP contribution in [0.3, 0.4) is 0 Å². The lowest BCUT2D eigenvalue weighted by molar-refractivity contribution is 0.177. The third kappa shape index (κ3) is 4.47. The van der Waals surface area contributed by atoms with Crippen molar-refractivity contribution >= 4 is 39.7 Å². The third-order valence-corrected chi connectivity index (χ3v) is 7.01. The number of nitrogens with one attached hydrogen (secondary N) is 3. The fourth-order valence-corrected chi connectivity index (χ4v) is 5.03. The van der Waals surface area contributed by atoms with Gasteiger partial charge in [0.1, 0.15) is 11.2 Å². The summed E-state index contributed by atoms with van der Waals surface area (Å²) in [6, 6.07) is 18.8. The maximum absolute atomic E-state index is 14.0. The van der Waals surface area contributed by atoms with Crippen molar-refractivity contribution in [3.8, 4) is 6.07 Å². The highest BCUT2D eigenvalue weighted by atomic mass is 35.5. The number of pyridine rings is 1. The van der Waals surface area contributed by atoms with Crippen LogP contribution in [0.5, 0.6) is 0 Å². The van der Waals surface area contributed by atoms with Crippen LogP contribution in [-0.2, 0) is 5.54 Å². The van der Waals surface area contributed by atoms with E-state index in [0.717, 1.165) is 31.4 Å². The van der Waals surface area contributed by atoms with Crippen LogP contribution >= 0.6 is 11.6 Å². The van der Waals surface area contributed by atoms with Crippen LogP contribution in [0.15, 0.2) is 65.6 Å². The van der Waals surface area contributed by atoms with E-state index in [9.17, 15) is 14.4 Å². The Hall–Kier alpha value is -3.83. The second-order valence-electron chi connectivity index (χ2n) is 8.93. The highest BCUT2D eigenvalue weighted by Crippen LogP contribution is 2.41. The lowest BCUT2D eigenvalue weighted by atomic mass is 9.77. The first-order chi connectivity index (χ1) is 17.0. The summed E-state index contributed by atoms with van der Waals surface area (Å²) in [5.74, 6) is -0.259. The summed E-state index contributed by atoms with van der Waals surface area (Å²) in [5.41, 5.74) is 1.27. The molecule has 2 aromatic heterocycles. The Kier molecular flexibility index (Phi) is 6.18. The Morgan fingerprint density at radius 2 is 1.94 bits per heavy atom. The molecule has 1 saturated carbocycles. The fraction of sp³-hybridized carbons (Fsp3) is 0.269. The molecule has 0 aliphatic heterocycles. The minimum Gasteiger partial charge on any atom is -0.382 e. The van der Waals surface area contributed by atoms with E-state index < -0.39 is 11.4 Å². The van der Waals surface area contributed by atoms with Gasteiger partial charge in [-0.25, -0.2) is 4.39 Å². The van der Waals surface area contributed by atoms with E-state index >= 15 is 0 Å². The van der Waals surface area contributed by atoms with Crippen molar-refractivity contribution in [1.82, 2.24) is 14.8 Å². The van der Waals surface area contributed by atoms with E-state index in [1.807, 2.05) is 35.0 Å². The van der Waals surface area contributed by atoms with Crippen molar-refractivity contribution in [1.29, 1.82) is 5.26 Å². The summed E-state index contributed by atoms with van der Waals surface area (Å²) < 4.78 is 15.8. The molecule has 0 bridgehead atoms. The first-order valence-electron chi connectivity index (χ1n) is 11.5. The second kappa shape index (κ2) is 9.43. The largest absolute Gasteiger partial charge is 0.382 e. The number of nitriles is 1. The molecule has 2 aromatic carbocycles. The van der Waals surface area contributed by atoms with Crippen molar-refractivity contribution in [2.24, 2.45) is 0 Å². The van der Waals surface area contributed by atoms with E-state index in [4.69, 9.17) is 16.7 Å². The molecule has 5 rings (SSSR count). The van der Waals surface area contributed by atoms with Crippen LogP contribution in [-0.4, -0.2) is 20.8 Å². The number of aromatic nitrogens is 3. The summed E-state index contributed by atoms with van der Waals surface area (Å²) in [6.07, 6.45) is 5.01. The van der Waals surface area contributed by atoms with Crippen LogP contribution in [0, 0.1) is 17.1 Å². The number of rotatable bonds is 6. The Bertz CT molecular complexity index is 1450. The van der Waals surface area contributed by atoms with Gasteiger partial charge < -0.3 is 15.6 Å². The molecule has 1 aliphatic rings. The topological polar surface area (TPSA) is 98.5 Å². The molecule has 1 aliphatic carbocycles. The molecule has 2 heterocycles. The number of H-pyrrole nitrogens is 1. The number of aromatic amines is 1. The van der Waals surface area contributed by atoms with E-state index in [1.165, 1.54) is 12.1 Å². The average molecular weight is 491 g/mol. The Labute approximate surface area is 206 Å². The lowest BCUT2D eigenvalue weighted by Gasteiger charge is -2.40. The van der Waals surface area contributed by atoms with Crippen LogP contribution in [0.4, 0.5) is 21.6 Å². The number of hydrogen-bond donors (Lipinski definition) is 3. The monoisotopic (exact) mass is 490 g/mol. The molecule has 0 radical (unpaired) electrons. The molecule has 0 saturated heterocycles. The van der Waals surface area contributed by atoms with Crippen molar-refractivity contribution in [3.63, 3.8) is 0 Å². The zero-order valence-electron chi connectivity index (χ0n) is 18.9. The highest BCUT2D eigenvalue weighted by molar-refractivity contribution is 6.30. The lowest BCUT2D eigenvalue weighted by Crippen LogP contribution is -2.41. The number of para-hydroxylation sites is 1. The predicted molar refractivity (Wildman–Crippen MR) is 136 cm³/mol. The average Bonchev–Trinajstić information content (AvgIpc) is 3.24. The number of benzene rings is 2. The highest BCUT2D eigenvalue weighted by Gasteiger charge is 2.39. The van der Waals surface area contributed by atoms with Crippen molar-refractivity contribution in [3.05, 3.63) is 82.0 Å². The molecular weight excluding hydrogens is 467 g/mol. The molecule has 0 spiro atoms. The summed E-state index contributed by atoms with van der Waals surface area (Å²) in [5, 5.41) is 21.5. The summed E-state index contributed by atoms with van der Waals surface area (Å²) >= 11 is 5.81. The summed E-state index contributed by atoms with van der Waals surface area (Å²) in [7, 11) is 0. The SMILES string of the molecule is N#CC[C@]1(n2nc(Nc3ccc(Cl)c(F)c3)c3c(=O)[nH]ccc32)CC[C@H](Nc2ccccc2)CC1. The van der Waals surface area contributed by atoms with Gasteiger partial charge in [-0.1, -0.05) is 29.8 Å². The van der Waals surface area contributed by atoms with Gasteiger partial charge in [0, 0.05) is 23.6 Å². The van der Waals surface area contributed by atoms with E-state index in [1.54, 1.807) is 18.3 Å².